The minimum atomic E-state index is -1.08. The van der Waals surface area contributed by atoms with Crippen LogP contribution < -0.4 is 5.73 Å². The molecule has 0 saturated heterocycles. The molecule has 0 fully saturated rings. The number of aliphatic hydroxyl groups is 2. The Hall–Kier alpha value is -2.21. The van der Waals surface area contributed by atoms with Gasteiger partial charge in [0.25, 0.3) is 0 Å². The monoisotopic (exact) mass is 370 g/mol. The molecule has 2 rings (SSSR count). The van der Waals surface area contributed by atoms with E-state index in [1.165, 1.54) is 4.90 Å². The fraction of sp³-hybridized carbons (Fsp3) is 0.409. The first-order valence-corrected chi connectivity index (χ1v) is 9.13. The van der Waals surface area contributed by atoms with Crippen LogP contribution in [0.25, 0.3) is 0 Å². The number of nitrogens with two attached hydrogens (primary N) is 1. The molecule has 0 aliphatic rings. The quantitative estimate of drug-likeness (QED) is 0.730. The third-order valence-corrected chi connectivity index (χ3v) is 4.86. The Kier molecular flexibility index (Phi) is 6.76. The van der Waals surface area contributed by atoms with Crippen molar-refractivity contribution in [1.29, 1.82) is 0 Å². The number of carbonyl (C=O) groups excluding carboxylic acids is 1. The van der Waals surface area contributed by atoms with Crippen molar-refractivity contribution in [3.8, 4) is 0 Å². The van der Waals surface area contributed by atoms with Gasteiger partial charge in [-0.15, -0.1) is 0 Å². The van der Waals surface area contributed by atoms with Crippen LogP contribution >= 0.6 is 0 Å². The lowest BCUT2D eigenvalue weighted by Crippen LogP contribution is -2.54. The molecule has 5 heteroatoms. The smallest absolute Gasteiger partial charge is 0.242 e. The topological polar surface area (TPSA) is 86.8 Å². The van der Waals surface area contributed by atoms with E-state index >= 15 is 0 Å². The summed E-state index contributed by atoms with van der Waals surface area (Å²) >= 11 is 0. The van der Waals surface area contributed by atoms with E-state index < -0.39 is 35.6 Å². The zero-order valence-corrected chi connectivity index (χ0v) is 16.4. The molecule has 0 aliphatic carbocycles. The molecule has 0 radical (unpaired) electrons. The van der Waals surface area contributed by atoms with Crippen molar-refractivity contribution >= 4 is 5.91 Å². The SMILES string of the molecule is CN(C(=O)[C@@H](N)[C@H](O)C(C)(C)C)[C@H](c1ccccc1)[C@H](O)c1ccccc1. The van der Waals surface area contributed by atoms with Crippen LogP contribution in [0.15, 0.2) is 60.7 Å². The summed E-state index contributed by atoms with van der Waals surface area (Å²) in [6, 6.07) is 16.8. The first-order chi connectivity index (χ1) is 12.6. The summed E-state index contributed by atoms with van der Waals surface area (Å²) < 4.78 is 0. The minimum Gasteiger partial charge on any atom is -0.390 e. The van der Waals surface area contributed by atoms with Crippen LogP contribution in [0.4, 0.5) is 0 Å². The van der Waals surface area contributed by atoms with Crippen LogP contribution in [0.2, 0.25) is 0 Å². The second kappa shape index (κ2) is 8.65. The van der Waals surface area contributed by atoms with E-state index in [0.29, 0.717) is 5.56 Å². The van der Waals surface area contributed by atoms with Crippen LogP contribution in [-0.2, 0) is 4.79 Å². The van der Waals surface area contributed by atoms with Crippen LogP contribution in [0.3, 0.4) is 0 Å². The molecule has 0 aliphatic heterocycles. The lowest BCUT2D eigenvalue weighted by molar-refractivity contribution is -0.140. The Balaban J connectivity index is 2.37. The lowest BCUT2D eigenvalue weighted by atomic mass is 9.84. The molecule has 0 unspecified atom stereocenters. The van der Waals surface area contributed by atoms with Gasteiger partial charge < -0.3 is 20.8 Å². The summed E-state index contributed by atoms with van der Waals surface area (Å²) in [6.45, 7) is 5.49. The van der Waals surface area contributed by atoms with E-state index in [9.17, 15) is 15.0 Å². The number of aliphatic hydroxyl groups excluding tert-OH is 2. The molecule has 0 aromatic heterocycles. The Morgan fingerprint density at radius 1 is 0.926 bits per heavy atom. The van der Waals surface area contributed by atoms with Crippen LogP contribution in [0.5, 0.6) is 0 Å². The molecular weight excluding hydrogens is 340 g/mol. The summed E-state index contributed by atoms with van der Waals surface area (Å²) in [5.74, 6) is -0.416. The third kappa shape index (κ3) is 4.95. The molecule has 0 spiro atoms. The molecule has 2 aromatic carbocycles. The maximum absolute atomic E-state index is 13.0. The number of nitrogens with zero attached hydrogens (tertiary/aromatic N) is 1. The summed E-state index contributed by atoms with van der Waals surface area (Å²) in [4.78, 5) is 14.4. The van der Waals surface area contributed by atoms with E-state index in [1.54, 1.807) is 7.05 Å². The highest BCUT2D eigenvalue weighted by Gasteiger charge is 2.38. The number of rotatable bonds is 6. The molecular formula is C22H30N2O3. The first-order valence-electron chi connectivity index (χ1n) is 9.13. The maximum atomic E-state index is 13.0. The zero-order valence-electron chi connectivity index (χ0n) is 16.4. The predicted molar refractivity (Wildman–Crippen MR) is 107 cm³/mol. The van der Waals surface area contributed by atoms with Gasteiger partial charge in [-0.3, -0.25) is 4.79 Å². The van der Waals surface area contributed by atoms with Crippen LogP contribution in [-0.4, -0.2) is 40.2 Å². The Bertz CT molecular complexity index is 728. The van der Waals surface area contributed by atoms with E-state index in [4.69, 9.17) is 5.73 Å². The van der Waals surface area contributed by atoms with Gasteiger partial charge in [0, 0.05) is 7.05 Å². The number of hydrogen-bond acceptors (Lipinski definition) is 4. The highest BCUT2D eigenvalue weighted by molar-refractivity contribution is 5.82. The second-order valence-corrected chi connectivity index (χ2v) is 8.00. The van der Waals surface area contributed by atoms with Gasteiger partial charge in [-0.1, -0.05) is 81.4 Å². The van der Waals surface area contributed by atoms with E-state index in [0.717, 1.165) is 5.56 Å². The molecule has 4 N–H and O–H groups in total. The Morgan fingerprint density at radius 3 is 1.81 bits per heavy atom. The standard InChI is InChI=1S/C22H30N2O3/c1-22(2,3)20(26)17(23)21(27)24(4)18(15-11-7-5-8-12-15)19(25)16-13-9-6-10-14-16/h5-14,17-20,25-26H,23H2,1-4H3/t17-,18+,19+,20-/m0/s1. The molecule has 0 bridgehead atoms. The fourth-order valence-electron chi connectivity index (χ4n) is 3.15. The summed E-state index contributed by atoms with van der Waals surface area (Å²) in [5.41, 5.74) is 7.05. The lowest BCUT2D eigenvalue weighted by Gasteiger charge is -2.37. The number of amides is 1. The van der Waals surface area contributed by atoms with Gasteiger partial charge in [0.05, 0.1) is 12.1 Å². The Labute approximate surface area is 161 Å². The van der Waals surface area contributed by atoms with Gasteiger partial charge in [0.2, 0.25) is 5.91 Å². The van der Waals surface area contributed by atoms with Gasteiger partial charge >= 0.3 is 0 Å². The number of carbonyl (C=O) groups is 1. The van der Waals surface area contributed by atoms with Crippen molar-refractivity contribution in [2.45, 2.75) is 45.1 Å². The van der Waals surface area contributed by atoms with Gasteiger partial charge in [-0.25, -0.2) is 0 Å². The van der Waals surface area contributed by atoms with Crippen molar-refractivity contribution in [2.75, 3.05) is 7.05 Å². The van der Waals surface area contributed by atoms with E-state index in [-0.39, 0.29) is 0 Å². The average molecular weight is 370 g/mol. The molecule has 2 aromatic rings. The summed E-state index contributed by atoms with van der Waals surface area (Å²) in [6.07, 6.45) is -1.93. The highest BCUT2D eigenvalue weighted by Crippen LogP contribution is 2.34. The van der Waals surface area contributed by atoms with Crippen molar-refractivity contribution in [3.63, 3.8) is 0 Å². The summed E-state index contributed by atoms with van der Waals surface area (Å²) in [7, 11) is 1.61. The molecule has 5 nitrogen and oxygen atoms in total. The van der Waals surface area contributed by atoms with E-state index in [2.05, 4.69) is 0 Å². The maximum Gasteiger partial charge on any atom is 0.242 e. The first kappa shape index (κ1) is 21.1. The summed E-state index contributed by atoms with van der Waals surface area (Å²) in [5, 5.41) is 21.5. The van der Waals surface area contributed by atoms with Crippen molar-refractivity contribution in [1.82, 2.24) is 4.90 Å². The normalized spacial score (nSPS) is 16.3. The van der Waals surface area contributed by atoms with Gasteiger partial charge in [0.1, 0.15) is 12.1 Å². The largest absolute Gasteiger partial charge is 0.390 e. The molecule has 146 valence electrons. The van der Waals surface area contributed by atoms with Crippen molar-refractivity contribution in [3.05, 3.63) is 71.8 Å². The number of hydrogen-bond donors (Lipinski definition) is 3. The zero-order chi connectivity index (χ0) is 20.2. The van der Waals surface area contributed by atoms with Crippen molar-refractivity contribution in [2.24, 2.45) is 11.1 Å². The molecule has 27 heavy (non-hydrogen) atoms. The number of likely N-dealkylation sites (N-methyl/N-ethyl adjacent to an activating group) is 1. The van der Waals surface area contributed by atoms with Crippen molar-refractivity contribution < 1.29 is 15.0 Å². The fourth-order valence-corrected chi connectivity index (χ4v) is 3.15. The Morgan fingerprint density at radius 2 is 1.37 bits per heavy atom. The third-order valence-electron chi connectivity index (χ3n) is 4.86. The average Bonchev–Trinajstić information content (AvgIpc) is 2.67. The van der Waals surface area contributed by atoms with Crippen LogP contribution in [0.1, 0.15) is 44.0 Å². The number of benzene rings is 2. The molecule has 0 heterocycles. The molecule has 4 atom stereocenters. The molecule has 0 saturated carbocycles. The minimum absolute atomic E-state index is 0.416. The van der Waals surface area contributed by atoms with Gasteiger partial charge in [-0.2, -0.15) is 0 Å². The van der Waals surface area contributed by atoms with Gasteiger partial charge in [0.15, 0.2) is 0 Å². The van der Waals surface area contributed by atoms with Crippen LogP contribution in [0, 0.1) is 5.41 Å². The second-order valence-electron chi connectivity index (χ2n) is 8.00. The highest BCUT2D eigenvalue weighted by atomic mass is 16.3. The van der Waals surface area contributed by atoms with E-state index in [1.807, 2.05) is 81.4 Å². The van der Waals surface area contributed by atoms with Gasteiger partial charge in [-0.05, 0) is 16.5 Å². The molecule has 1 amide bonds. The predicted octanol–water partition coefficient (Wildman–Crippen LogP) is 2.65.